The maximum absolute atomic E-state index is 12.8. The number of carbonyl (C=O) groups excluding carboxylic acids is 1. The summed E-state index contributed by atoms with van der Waals surface area (Å²) >= 11 is 1.54. The molecule has 2 fully saturated rings. The Kier molecular flexibility index (Phi) is 5.11. The molecule has 1 aromatic rings. The van der Waals surface area contributed by atoms with E-state index < -0.39 is 9.84 Å². The maximum Gasteiger partial charge on any atom is 0.323 e. The Labute approximate surface area is 160 Å². The van der Waals surface area contributed by atoms with Crippen LogP contribution in [0.3, 0.4) is 0 Å². The van der Waals surface area contributed by atoms with Crippen LogP contribution in [0.15, 0.2) is 0 Å². The second-order valence-electron chi connectivity index (χ2n) is 8.70. The number of likely N-dealkylation sites (tertiary alicyclic amines) is 1. The highest BCUT2D eigenvalue weighted by Gasteiger charge is 2.45. The number of amides is 2. The number of hydrogen-bond donors (Lipinski definition) is 1. The summed E-state index contributed by atoms with van der Waals surface area (Å²) in [6, 6.07) is -0.162. The number of anilines is 1. The Morgan fingerprint density at radius 3 is 2.62 bits per heavy atom. The molecular weight excluding hydrogens is 370 g/mol. The number of sulfone groups is 1. The Bertz CT molecular complexity index is 795. The molecule has 1 unspecified atom stereocenters. The molecule has 0 aliphatic carbocycles. The molecule has 2 aliphatic rings. The van der Waals surface area contributed by atoms with E-state index in [1.807, 2.05) is 0 Å². The molecule has 3 rings (SSSR count). The summed E-state index contributed by atoms with van der Waals surface area (Å²) in [4.78, 5) is 20.3. The molecule has 2 aliphatic heterocycles. The van der Waals surface area contributed by atoms with E-state index in [0.717, 1.165) is 25.0 Å². The Morgan fingerprint density at radius 2 is 2.08 bits per heavy atom. The van der Waals surface area contributed by atoms with Crippen molar-refractivity contribution in [2.24, 2.45) is 5.41 Å². The first-order valence-corrected chi connectivity index (χ1v) is 11.9. The van der Waals surface area contributed by atoms with Gasteiger partial charge in [-0.1, -0.05) is 27.7 Å². The molecule has 1 atom stereocenters. The topological polar surface area (TPSA) is 79.4 Å². The second kappa shape index (κ2) is 6.78. The Balaban J connectivity index is 1.71. The first-order chi connectivity index (χ1) is 12.0. The number of piperidine rings is 1. The zero-order valence-corrected chi connectivity index (χ0v) is 17.7. The average molecular weight is 400 g/mol. The van der Waals surface area contributed by atoms with Crippen molar-refractivity contribution < 1.29 is 13.2 Å². The number of thiazole rings is 1. The number of nitrogens with one attached hydrogen (secondary N) is 1. The summed E-state index contributed by atoms with van der Waals surface area (Å²) in [5.74, 6) is 0.471. The molecule has 0 radical (unpaired) electrons. The molecule has 0 aromatic carbocycles. The third-order valence-corrected chi connectivity index (χ3v) is 8.66. The molecule has 26 heavy (non-hydrogen) atoms. The fourth-order valence-electron chi connectivity index (χ4n) is 4.09. The highest BCUT2D eigenvalue weighted by Crippen LogP contribution is 2.40. The SMILES string of the molecule is CCc1nc(NC(=O)N2CCCC3(CCS(=O)(=O)C3)C2)sc1C(C)(C)C. The van der Waals surface area contributed by atoms with Gasteiger partial charge in [-0.05, 0) is 31.1 Å². The van der Waals surface area contributed by atoms with Crippen molar-refractivity contribution in [2.75, 3.05) is 29.9 Å². The third kappa shape index (κ3) is 4.06. The summed E-state index contributed by atoms with van der Waals surface area (Å²) in [5, 5.41) is 3.59. The molecule has 0 bridgehead atoms. The number of aromatic nitrogens is 1. The number of aryl methyl sites for hydroxylation is 1. The van der Waals surface area contributed by atoms with Crippen LogP contribution in [0, 0.1) is 5.41 Å². The molecule has 1 N–H and O–H groups in total. The molecule has 1 aromatic heterocycles. The van der Waals surface area contributed by atoms with Crippen molar-refractivity contribution in [3.05, 3.63) is 10.6 Å². The monoisotopic (exact) mass is 399 g/mol. The van der Waals surface area contributed by atoms with Crippen LogP contribution in [0.4, 0.5) is 9.93 Å². The van der Waals surface area contributed by atoms with E-state index in [-0.39, 0.29) is 28.4 Å². The van der Waals surface area contributed by atoms with Gasteiger partial charge in [0.15, 0.2) is 15.0 Å². The van der Waals surface area contributed by atoms with E-state index in [0.29, 0.717) is 24.6 Å². The van der Waals surface area contributed by atoms with Crippen LogP contribution < -0.4 is 5.32 Å². The second-order valence-corrected chi connectivity index (χ2v) is 11.9. The van der Waals surface area contributed by atoms with E-state index in [1.165, 1.54) is 4.88 Å². The summed E-state index contributed by atoms with van der Waals surface area (Å²) in [7, 11) is -2.95. The lowest BCUT2D eigenvalue weighted by Crippen LogP contribution is -2.48. The fraction of sp³-hybridized carbons (Fsp3) is 0.778. The minimum absolute atomic E-state index is 0.000618. The minimum atomic E-state index is -2.95. The maximum atomic E-state index is 12.8. The number of rotatable bonds is 2. The smallest absolute Gasteiger partial charge is 0.323 e. The molecule has 8 heteroatoms. The van der Waals surface area contributed by atoms with Gasteiger partial charge in [0, 0.05) is 23.4 Å². The van der Waals surface area contributed by atoms with Crippen molar-refractivity contribution in [3.8, 4) is 0 Å². The van der Waals surface area contributed by atoms with Gasteiger partial charge in [-0.25, -0.2) is 18.2 Å². The van der Waals surface area contributed by atoms with Crippen molar-refractivity contribution in [2.45, 2.75) is 58.8 Å². The fourth-order valence-corrected chi connectivity index (χ4v) is 7.39. The van der Waals surface area contributed by atoms with Crippen LogP contribution in [0.25, 0.3) is 0 Å². The molecule has 146 valence electrons. The van der Waals surface area contributed by atoms with E-state index >= 15 is 0 Å². The summed E-state index contributed by atoms with van der Waals surface area (Å²) in [6.07, 6.45) is 3.25. The largest absolute Gasteiger partial charge is 0.324 e. The standard InChI is InChI=1S/C18H29N3O3S2/c1-5-13-14(17(2,3)4)25-15(19-13)20-16(22)21-9-6-7-18(11-21)8-10-26(23,24)12-18/h5-12H2,1-4H3,(H,19,20,22). The van der Waals surface area contributed by atoms with E-state index in [4.69, 9.17) is 0 Å². The molecule has 2 saturated heterocycles. The van der Waals surface area contributed by atoms with Crippen molar-refractivity contribution >= 4 is 32.3 Å². The van der Waals surface area contributed by atoms with Crippen LogP contribution in [0.1, 0.15) is 57.5 Å². The van der Waals surface area contributed by atoms with Gasteiger partial charge in [-0.2, -0.15) is 0 Å². The molecule has 1 spiro atoms. The molecular formula is C18H29N3O3S2. The van der Waals surface area contributed by atoms with Gasteiger partial charge in [0.2, 0.25) is 0 Å². The third-order valence-electron chi connectivity index (χ3n) is 5.35. The van der Waals surface area contributed by atoms with E-state index in [9.17, 15) is 13.2 Å². The van der Waals surface area contributed by atoms with Crippen LogP contribution in [-0.2, 0) is 21.7 Å². The normalized spacial score (nSPS) is 25.6. The number of hydrogen-bond acceptors (Lipinski definition) is 5. The van der Waals surface area contributed by atoms with E-state index in [2.05, 4.69) is 38.0 Å². The molecule has 2 amide bonds. The van der Waals surface area contributed by atoms with Gasteiger partial charge in [-0.15, -0.1) is 11.3 Å². The molecule has 0 saturated carbocycles. The lowest BCUT2D eigenvalue weighted by atomic mass is 9.80. The van der Waals surface area contributed by atoms with Crippen LogP contribution in [0.2, 0.25) is 0 Å². The lowest BCUT2D eigenvalue weighted by Gasteiger charge is -2.39. The van der Waals surface area contributed by atoms with Crippen LogP contribution in [-0.4, -0.2) is 48.9 Å². The van der Waals surface area contributed by atoms with Gasteiger partial charge in [0.05, 0.1) is 17.2 Å². The van der Waals surface area contributed by atoms with Gasteiger partial charge in [0.25, 0.3) is 0 Å². The summed E-state index contributed by atoms with van der Waals surface area (Å²) in [5.41, 5.74) is 0.789. The Hall–Kier alpha value is -1.15. The zero-order valence-electron chi connectivity index (χ0n) is 16.1. The van der Waals surface area contributed by atoms with E-state index in [1.54, 1.807) is 16.2 Å². The average Bonchev–Trinajstić information content (AvgIpc) is 3.08. The van der Waals surface area contributed by atoms with Gasteiger partial charge in [0.1, 0.15) is 0 Å². The van der Waals surface area contributed by atoms with Crippen molar-refractivity contribution in [1.82, 2.24) is 9.88 Å². The minimum Gasteiger partial charge on any atom is -0.324 e. The Morgan fingerprint density at radius 1 is 1.35 bits per heavy atom. The number of urea groups is 1. The highest BCUT2D eigenvalue weighted by atomic mass is 32.2. The number of carbonyl (C=O) groups is 1. The van der Waals surface area contributed by atoms with Crippen molar-refractivity contribution in [3.63, 3.8) is 0 Å². The first-order valence-electron chi connectivity index (χ1n) is 9.30. The zero-order chi connectivity index (χ0) is 19.2. The quantitative estimate of drug-likeness (QED) is 0.826. The summed E-state index contributed by atoms with van der Waals surface area (Å²) < 4.78 is 23.8. The molecule has 3 heterocycles. The number of nitrogens with zero attached hydrogens (tertiary/aromatic N) is 2. The van der Waals surface area contributed by atoms with Crippen LogP contribution >= 0.6 is 11.3 Å². The van der Waals surface area contributed by atoms with Crippen molar-refractivity contribution in [1.29, 1.82) is 0 Å². The lowest BCUT2D eigenvalue weighted by molar-refractivity contribution is 0.130. The predicted octanol–water partition coefficient (Wildman–Crippen LogP) is 3.44. The first kappa shape index (κ1) is 19.6. The molecule has 6 nitrogen and oxygen atoms in total. The van der Waals surface area contributed by atoms with Gasteiger partial charge >= 0.3 is 6.03 Å². The predicted molar refractivity (Wildman–Crippen MR) is 106 cm³/mol. The van der Waals surface area contributed by atoms with Crippen LogP contribution in [0.5, 0.6) is 0 Å². The van der Waals surface area contributed by atoms with Gasteiger partial charge in [-0.3, -0.25) is 5.32 Å². The van der Waals surface area contributed by atoms with Gasteiger partial charge < -0.3 is 4.90 Å². The summed E-state index contributed by atoms with van der Waals surface area (Å²) in [6.45, 7) is 9.73. The highest BCUT2D eigenvalue weighted by molar-refractivity contribution is 7.91.